The van der Waals surface area contributed by atoms with Crippen molar-refractivity contribution < 1.29 is 0 Å². The quantitative estimate of drug-likeness (QED) is 0.286. The van der Waals surface area contributed by atoms with Crippen molar-refractivity contribution in [2.45, 2.75) is 32.1 Å². The molecule has 2 aromatic carbocycles. The van der Waals surface area contributed by atoms with Gasteiger partial charge in [0.15, 0.2) is 0 Å². The fourth-order valence-electron chi connectivity index (χ4n) is 2.75. The zero-order chi connectivity index (χ0) is 12.1. The Balaban J connectivity index is -0.0000000463. The van der Waals surface area contributed by atoms with E-state index in [1.165, 1.54) is 11.1 Å². The number of halogens is 10. The summed E-state index contributed by atoms with van der Waals surface area (Å²) in [5.74, 6) is 0. The third-order valence-corrected chi connectivity index (χ3v) is 3.86. The van der Waals surface area contributed by atoms with E-state index < -0.39 is 0 Å². The van der Waals surface area contributed by atoms with Gasteiger partial charge in [0.25, 0.3) is 0 Å². The Morgan fingerprint density at radius 1 is 0.444 bits per heavy atom. The Kier molecular flexibility index (Phi) is 66.7. The summed E-state index contributed by atoms with van der Waals surface area (Å²) in [6.45, 7) is 4.56. The van der Waals surface area contributed by atoms with E-state index in [1.807, 2.05) is 0 Å². The minimum absolute atomic E-state index is 0. The van der Waals surface area contributed by atoms with Crippen LogP contribution in [-0.2, 0) is 5.41 Å². The summed E-state index contributed by atoms with van der Waals surface area (Å²) in [4.78, 5) is 0. The molecule has 0 aromatic heterocycles. The average Bonchev–Trinajstić information content (AvgIpc) is 2.43. The van der Waals surface area contributed by atoms with Gasteiger partial charge in [-0.2, -0.15) is 0 Å². The molecule has 0 amide bonds. The van der Waals surface area contributed by atoms with Crippen LogP contribution >= 0.6 is 170 Å². The molecule has 2 rings (SSSR count). The summed E-state index contributed by atoms with van der Waals surface area (Å²) in [6.07, 6.45) is 2.27. The summed E-state index contributed by atoms with van der Waals surface area (Å²) in [6, 6.07) is 21.7. The fraction of sp³-hybridized carbons (Fsp3) is 0.294. The Hall–Kier alpha value is 3.24. The van der Waals surface area contributed by atoms with E-state index in [9.17, 15) is 0 Å². The first-order chi connectivity index (χ1) is 8.33. The fourth-order valence-corrected chi connectivity index (χ4v) is 2.75. The molecule has 0 aliphatic carbocycles. The van der Waals surface area contributed by atoms with Crippen molar-refractivity contribution in [1.29, 1.82) is 0 Å². The number of benzene rings is 2. The third-order valence-electron chi connectivity index (χ3n) is 3.86. The van der Waals surface area contributed by atoms with E-state index in [1.54, 1.807) is 0 Å². The Morgan fingerprint density at radius 2 is 0.667 bits per heavy atom. The zero-order valence-electron chi connectivity index (χ0n) is 14.8. The lowest BCUT2D eigenvalue weighted by molar-refractivity contribution is 0.478. The topological polar surface area (TPSA) is 0 Å². The van der Waals surface area contributed by atoms with Crippen LogP contribution in [0.4, 0.5) is 0 Å². The molecule has 10 heteroatoms. The van der Waals surface area contributed by atoms with Crippen LogP contribution in [0.25, 0.3) is 0 Å². The first-order valence-corrected chi connectivity index (χ1v) is 6.44. The summed E-state index contributed by atoms with van der Waals surface area (Å²) in [5, 5.41) is 0. The molecule has 0 aliphatic heterocycles. The monoisotopic (exact) mass is 1020 g/mol. The normalized spacial score (nSPS) is 7.19. The molecule has 0 saturated carbocycles. The van der Waals surface area contributed by atoms with Crippen LogP contribution in [0.1, 0.15) is 37.8 Å². The van der Waals surface area contributed by atoms with Crippen LogP contribution in [0.15, 0.2) is 60.7 Å². The summed E-state index contributed by atoms with van der Waals surface area (Å²) < 4.78 is 0. The molecule has 0 atom stereocenters. The maximum atomic E-state index is 2.28. The zero-order valence-corrected chi connectivity index (χ0v) is 31.9. The number of hydrogen-bond acceptors (Lipinski definition) is 0. The largest absolute Gasteiger partial charge is 0.114 e. The third kappa shape index (κ3) is 15.6. The molecular weight excluding hydrogens is 1000 g/mol. The molecule has 0 N–H and O–H groups in total. The molecule has 0 spiro atoms. The molecule has 0 aliphatic rings. The molecule has 0 saturated heterocycles. The molecule has 0 nitrogen and oxygen atoms in total. The molecule has 0 fully saturated rings. The van der Waals surface area contributed by atoms with Gasteiger partial charge in [0.2, 0.25) is 0 Å². The van der Waals surface area contributed by atoms with Crippen molar-refractivity contribution in [2.24, 2.45) is 0 Å². The van der Waals surface area contributed by atoms with Crippen molar-refractivity contribution in [1.82, 2.24) is 0 Å². The first kappa shape index (κ1) is 57.3. The van der Waals surface area contributed by atoms with E-state index in [4.69, 9.17) is 0 Å². The second kappa shape index (κ2) is 31.4. The predicted molar refractivity (Wildman–Crippen MR) is 177 cm³/mol. The van der Waals surface area contributed by atoms with Gasteiger partial charge < -0.3 is 0 Å². The predicted octanol–water partition coefficient (Wildman–Crippen LogP) is 10.6. The van der Waals surface area contributed by atoms with Crippen LogP contribution in [0, 0.1) is 0 Å². The lowest BCUT2D eigenvalue weighted by Gasteiger charge is -2.33. The van der Waals surface area contributed by atoms with E-state index >= 15 is 0 Å². The minimum Gasteiger partial charge on any atom is -0.114 e. The molecular formula is C17H30Br10. The van der Waals surface area contributed by atoms with Gasteiger partial charge in [-0.25, -0.2) is 0 Å². The second-order valence-corrected chi connectivity index (χ2v) is 4.52. The summed E-state index contributed by atoms with van der Waals surface area (Å²) >= 11 is 0. The van der Waals surface area contributed by atoms with Crippen LogP contribution in [0.3, 0.4) is 0 Å². The Morgan fingerprint density at radius 3 is 0.852 bits per heavy atom. The van der Waals surface area contributed by atoms with Crippen LogP contribution in [0.5, 0.6) is 0 Å². The number of hydrogen-bond donors (Lipinski definition) is 0. The molecule has 27 heavy (non-hydrogen) atoms. The second-order valence-electron chi connectivity index (χ2n) is 4.52. The highest BCUT2D eigenvalue weighted by atomic mass is 79.9. The van der Waals surface area contributed by atoms with E-state index in [0.717, 1.165) is 12.8 Å². The number of rotatable bonds is 4. The van der Waals surface area contributed by atoms with Gasteiger partial charge in [-0.05, 0) is 24.0 Å². The van der Waals surface area contributed by atoms with Gasteiger partial charge in [0.05, 0.1) is 0 Å². The van der Waals surface area contributed by atoms with Gasteiger partial charge in [0, 0.05) is 5.41 Å². The molecule has 2 aromatic rings. The molecule has 0 unspecified atom stereocenters. The highest BCUT2D eigenvalue weighted by Gasteiger charge is 2.29. The average molecular weight is 1030 g/mol. The smallest absolute Gasteiger partial charge is 0.0197 e. The standard InChI is InChI=1S/C17H20.10BrH/c1-3-17(4-2,15-11-7-5-8-12-15)16-13-9-6-10-14-16;;;;;;;;;;/h5-14H,3-4H2,1-2H3;10*1H. The SMILES string of the molecule is Br.Br.Br.Br.Br.Br.Br.Br.Br.Br.CCC(CC)(c1ccccc1)c1ccccc1. The highest BCUT2D eigenvalue weighted by molar-refractivity contribution is 8.94. The van der Waals surface area contributed by atoms with E-state index in [-0.39, 0.29) is 175 Å². The first-order valence-electron chi connectivity index (χ1n) is 6.44. The van der Waals surface area contributed by atoms with E-state index in [0.29, 0.717) is 0 Å². The lowest BCUT2D eigenvalue weighted by atomic mass is 9.71. The maximum Gasteiger partial charge on any atom is 0.0197 e. The van der Waals surface area contributed by atoms with Crippen molar-refractivity contribution >= 4 is 170 Å². The highest BCUT2D eigenvalue weighted by Crippen LogP contribution is 2.38. The molecule has 0 heterocycles. The van der Waals surface area contributed by atoms with Gasteiger partial charge in [-0.1, -0.05) is 74.5 Å². The lowest BCUT2D eigenvalue weighted by Crippen LogP contribution is -2.25. The molecule has 0 bridgehead atoms. The van der Waals surface area contributed by atoms with Gasteiger partial charge in [0.1, 0.15) is 0 Å². The van der Waals surface area contributed by atoms with Gasteiger partial charge in [-0.3, -0.25) is 0 Å². The maximum absolute atomic E-state index is 2.28. The van der Waals surface area contributed by atoms with E-state index in [2.05, 4.69) is 74.5 Å². The van der Waals surface area contributed by atoms with Crippen molar-refractivity contribution in [3.63, 3.8) is 0 Å². The van der Waals surface area contributed by atoms with Gasteiger partial charge >= 0.3 is 0 Å². The van der Waals surface area contributed by atoms with Crippen LogP contribution in [-0.4, -0.2) is 0 Å². The minimum atomic E-state index is 0. The van der Waals surface area contributed by atoms with Crippen molar-refractivity contribution in [2.75, 3.05) is 0 Å². The van der Waals surface area contributed by atoms with Crippen LogP contribution < -0.4 is 0 Å². The van der Waals surface area contributed by atoms with Gasteiger partial charge in [-0.15, -0.1) is 170 Å². The molecule has 168 valence electrons. The molecule has 0 radical (unpaired) electrons. The summed E-state index contributed by atoms with van der Waals surface area (Å²) in [5.41, 5.74) is 3.02. The Bertz CT molecular complexity index is 422. The van der Waals surface area contributed by atoms with Crippen molar-refractivity contribution in [3.8, 4) is 0 Å². The summed E-state index contributed by atoms with van der Waals surface area (Å²) in [7, 11) is 0. The van der Waals surface area contributed by atoms with Crippen LogP contribution in [0.2, 0.25) is 0 Å². The van der Waals surface area contributed by atoms with Crippen molar-refractivity contribution in [3.05, 3.63) is 71.8 Å². The Labute approximate surface area is 269 Å².